The molecule has 0 saturated heterocycles. The first-order chi connectivity index (χ1) is 19.6. The van der Waals surface area contributed by atoms with E-state index in [-0.39, 0.29) is 77.8 Å². The van der Waals surface area contributed by atoms with Crippen molar-refractivity contribution >= 4 is 42.7 Å². The highest BCUT2D eigenvalue weighted by Crippen LogP contribution is 1.99. The lowest BCUT2D eigenvalue weighted by Gasteiger charge is -2.08. The van der Waals surface area contributed by atoms with Gasteiger partial charge in [0.2, 0.25) is 6.79 Å². The largest absolute Gasteiger partial charge is 0.511 e. The predicted molar refractivity (Wildman–Crippen MR) is 187 cm³/mol. The van der Waals surface area contributed by atoms with E-state index in [1.165, 1.54) is 6.34 Å². The number of hydrogen-bond acceptors (Lipinski definition) is 14. The normalized spacial score (nSPS) is 8.30. The molecular weight excluding hydrogens is 600 g/mol. The number of amides is 2. The Morgan fingerprint density at radius 3 is 1.93 bits per heavy atom. The van der Waals surface area contributed by atoms with E-state index in [2.05, 4.69) is 73.7 Å². The van der Waals surface area contributed by atoms with Crippen molar-refractivity contribution in [1.29, 1.82) is 0 Å². The molecule has 0 fully saturated rings. The molecule has 0 unspecified atom stereocenters. The average molecular weight is 663 g/mol. The lowest BCUT2D eigenvalue weighted by atomic mass is 10.2. The molecule has 0 aliphatic carbocycles. The van der Waals surface area contributed by atoms with Gasteiger partial charge in [-0.25, -0.2) is 44.3 Å². The second kappa shape index (κ2) is 47.4. The maximum Gasteiger partial charge on any atom is 0.511 e. The summed E-state index contributed by atoms with van der Waals surface area (Å²) in [6, 6.07) is 7.35. The summed E-state index contributed by atoms with van der Waals surface area (Å²) in [7, 11) is 3.13. The molecule has 2 amide bonds. The minimum Gasteiger partial charge on any atom is -0.450 e. The van der Waals surface area contributed by atoms with Gasteiger partial charge in [0, 0.05) is 27.2 Å². The van der Waals surface area contributed by atoms with Crippen molar-refractivity contribution in [2.24, 2.45) is 34.9 Å². The number of aliphatic imine (C=N–C) groups is 7. The number of alkyl carbamates (subject to hydrolysis) is 2. The Labute approximate surface area is 277 Å². The Bertz CT molecular complexity index is 927. The number of carbonyl (C=O) groups is 3. The Morgan fingerprint density at radius 2 is 1.24 bits per heavy atom. The van der Waals surface area contributed by atoms with E-state index in [4.69, 9.17) is 14.2 Å². The SMILES string of the molecule is C.C.C.C.C.C.CN=C=NCN=C=NCCCCCNC(=O)OCOC(=O)OCCCCCOC(=O)NCN=CNCN=C=NC. The summed E-state index contributed by atoms with van der Waals surface area (Å²) in [5.41, 5.74) is 0. The van der Waals surface area contributed by atoms with Gasteiger partial charge in [-0.1, -0.05) is 44.6 Å². The highest BCUT2D eigenvalue weighted by molar-refractivity contribution is 5.67. The van der Waals surface area contributed by atoms with Crippen LogP contribution in [0.1, 0.15) is 83.1 Å². The first kappa shape index (κ1) is 57.1. The van der Waals surface area contributed by atoms with E-state index in [1.807, 2.05) is 0 Å². The molecule has 17 heteroatoms. The highest BCUT2D eigenvalue weighted by atomic mass is 16.8. The number of rotatable bonds is 21. The Hall–Kier alpha value is -4.58. The van der Waals surface area contributed by atoms with Gasteiger partial charge < -0.3 is 34.9 Å². The van der Waals surface area contributed by atoms with E-state index in [1.54, 1.807) is 14.1 Å². The standard InChI is InChI=1S/C23H38N10O7.6CH4/c1-24-13-27-16-29-15-26-9-5-3-6-10-32-21(34)39-20-40-23(36)38-12-8-4-7-11-37-22(35)33-19-31-18-30-17-28-14-25-2;;;;;;/h18H,3-12,16-17,19-20H2,1-2H3,(H,30,31)(H,32,34)(H,33,35);6*1H4. The molecule has 0 radical (unpaired) electrons. The number of hydrogen-bond donors (Lipinski definition) is 3. The van der Waals surface area contributed by atoms with Gasteiger partial charge >= 0.3 is 18.3 Å². The molecule has 17 nitrogen and oxygen atoms in total. The lowest BCUT2D eigenvalue weighted by Crippen LogP contribution is -2.27. The van der Waals surface area contributed by atoms with Crippen molar-refractivity contribution in [2.75, 3.05) is 67.2 Å². The monoisotopic (exact) mass is 662 g/mol. The van der Waals surface area contributed by atoms with Crippen molar-refractivity contribution in [3.05, 3.63) is 0 Å². The summed E-state index contributed by atoms with van der Waals surface area (Å²) < 4.78 is 19.3. The van der Waals surface area contributed by atoms with Crippen LogP contribution in [0.25, 0.3) is 0 Å². The number of nitrogens with one attached hydrogen (secondary N) is 3. The van der Waals surface area contributed by atoms with Gasteiger partial charge in [0.1, 0.15) is 13.3 Å². The highest BCUT2D eigenvalue weighted by Gasteiger charge is 2.07. The topological polar surface area (TPSA) is 211 Å². The van der Waals surface area contributed by atoms with Gasteiger partial charge in [-0.15, -0.1) is 0 Å². The Balaban J connectivity index is -0.000000507. The molecule has 3 N–H and O–H groups in total. The molecule has 270 valence electrons. The van der Waals surface area contributed by atoms with Crippen LogP contribution in [0.2, 0.25) is 0 Å². The fourth-order valence-corrected chi connectivity index (χ4v) is 2.34. The summed E-state index contributed by atoms with van der Waals surface area (Å²) in [5, 5.41) is 7.76. The van der Waals surface area contributed by atoms with Crippen LogP contribution in [0.5, 0.6) is 0 Å². The van der Waals surface area contributed by atoms with Crippen molar-refractivity contribution in [3.8, 4) is 0 Å². The Kier molecular flexibility index (Phi) is 58.8. The molecule has 0 aromatic heterocycles. The van der Waals surface area contributed by atoms with Crippen LogP contribution in [0.4, 0.5) is 14.4 Å². The zero-order valence-corrected chi connectivity index (χ0v) is 23.0. The third kappa shape index (κ3) is 46.4. The van der Waals surface area contributed by atoms with Crippen molar-refractivity contribution in [2.45, 2.75) is 83.1 Å². The maximum absolute atomic E-state index is 11.6. The van der Waals surface area contributed by atoms with Crippen molar-refractivity contribution in [3.63, 3.8) is 0 Å². The number of nitrogens with zero attached hydrogens (tertiary/aromatic N) is 7. The molecule has 0 aliphatic heterocycles. The van der Waals surface area contributed by atoms with Gasteiger partial charge in [0.15, 0.2) is 6.67 Å². The van der Waals surface area contributed by atoms with Gasteiger partial charge in [-0.3, -0.25) is 4.99 Å². The minimum atomic E-state index is -0.946. The average Bonchev–Trinajstić information content (AvgIpc) is 2.94. The van der Waals surface area contributed by atoms with E-state index in [0.29, 0.717) is 32.4 Å². The maximum atomic E-state index is 11.6. The van der Waals surface area contributed by atoms with E-state index < -0.39 is 25.1 Å². The molecule has 0 aliphatic rings. The fraction of sp³-hybridized carbons (Fsp3) is 0.759. The predicted octanol–water partition coefficient (Wildman–Crippen LogP) is 5.98. The molecule has 0 aromatic carbocycles. The van der Waals surface area contributed by atoms with E-state index >= 15 is 0 Å². The zero-order chi connectivity index (χ0) is 29.4. The van der Waals surface area contributed by atoms with Gasteiger partial charge in [-0.2, -0.15) is 0 Å². The van der Waals surface area contributed by atoms with Gasteiger partial charge in [0.05, 0.1) is 37.6 Å². The van der Waals surface area contributed by atoms with Crippen molar-refractivity contribution in [1.82, 2.24) is 16.0 Å². The quantitative estimate of drug-likeness (QED) is 0.0331. The third-order valence-electron chi connectivity index (χ3n) is 4.12. The summed E-state index contributed by atoms with van der Waals surface area (Å²) in [5.74, 6) is 0. The van der Waals surface area contributed by atoms with Crippen LogP contribution < -0.4 is 16.0 Å². The van der Waals surface area contributed by atoms with Crippen LogP contribution >= 0.6 is 0 Å². The molecular formula is C29H62N10O7. The number of unbranched alkanes of at least 4 members (excludes halogenated alkanes) is 4. The molecule has 0 heterocycles. The lowest BCUT2D eigenvalue weighted by molar-refractivity contribution is -0.0150. The van der Waals surface area contributed by atoms with Gasteiger partial charge in [-0.05, 0) is 38.5 Å². The Morgan fingerprint density at radius 1 is 0.630 bits per heavy atom. The molecule has 46 heavy (non-hydrogen) atoms. The first-order valence-electron chi connectivity index (χ1n) is 12.5. The number of carbonyl (C=O) groups excluding carboxylic acids is 3. The van der Waals surface area contributed by atoms with Gasteiger partial charge in [0.25, 0.3) is 0 Å². The van der Waals surface area contributed by atoms with Crippen LogP contribution in [0, 0.1) is 0 Å². The zero-order valence-electron chi connectivity index (χ0n) is 23.0. The summed E-state index contributed by atoms with van der Waals surface area (Å²) in [6.45, 7) is 1.28. The molecule has 0 bridgehead atoms. The van der Waals surface area contributed by atoms with E-state index in [9.17, 15) is 14.4 Å². The number of ether oxygens (including phenoxy) is 4. The van der Waals surface area contributed by atoms with Crippen molar-refractivity contribution < 1.29 is 33.3 Å². The molecule has 0 saturated carbocycles. The van der Waals surface area contributed by atoms with E-state index in [0.717, 1.165) is 19.3 Å². The minimum absolute atomic E-state index is 0. The molecule has 0 atom stereocenters. The summed E-state index contributed by atoms with van der Waals surface area (Å²) in [6.07, 6.45) is 3.35. The third-order valence-corrected chi connectivity index (χ3v) is 4.12. The summed E-state index contributed by atoms with van der Waals surface area (Å²) >= 11 is 0. The molecule has 0 spiro atoms. The fourth-order valence-electron chi connectivity index (χ4n) is 2.34. The summed E-state index contributed by atoms with van der Waals surface area (Å²) in [4.78, 5) is 60.9. The molecule has 0 aromatic rings. The van der Waals surface area contributed by atoms with Crippen LogP contribution in [-0.4, -0.2) is 110 Å². The second-order valence-electron chi connectivity index (χ2n) is 7.23. The smallest absolute Gasteiger partial charge is 0.450 e. The van der Waals surface area contributed by atoms with Crippen LogP contribution in [-0.2, 0) is 18.9 Å². The molecule has 0 rings (SSSR count). The van der Waals surface area contributed by atoms with Crippen LogP contribution in [0.15, 0.2) is 34.9 Å². The first-order valence-corrected chi connectivity index (χ1v) is 12.5. The van der Waals surface area contributed by atoms with Crippen LogP contribution in [0.3, 0.4) is 0 Å². The second-order valence-corrected chi connectivity index (χ2v) is 7.23.